The molecular formula is C39H45N3O7. The molecule has 10 nitrogen and oxygen atoms in total. The zero-order valence-electron chi connectivity index (χ0n) is 29.2. The van der Waals surface area contributed by atoms with Crippen molar-refractivity contribution >= 4 is 23.6 Å². The molecule has 4 aromatic rings. The van der Waals surface area contributed by atoms with Gasteiger partial charge in [0, 0.05) is 38.2 Å². The molecule has 0 saturated heterocycles. The number of methoxy groups -OCH3 is 1. The van der Waals surface area contributed by atoms with Crippen LogP contribution in [0.25, 0.3) is 11.1 Å². The third-order valence-corrected chi connectivity index (χ3v) is 7.34. The van der Waals surface area contributed by atoms with Gasteiger partial charge in [0.25, 0.3) is 11.8 Å². The number of benzene rings is 4. The fourth-order valence-electron chi connectivity index (χ4n) is 4.96. The summed E-state index contributed by atoms with van der Waals surface area (Å²) in [5, 5.41) is 5.65. The molecule has 0 bridgehead atoms. The van der Waals surface area contributed by atoms with E-state index in [-0.39, 0.29) is 12.0 Å². The number of fused-ring (bicyclic) bond motifs is 1. The van der Waals surface area contributed by atoms with Crippen molar-refractivity contribution in [3.8, 4) is 28.4 Å². The number of hydrogen-bond donors (Lipinski definition) is 2. The summed E-state index contributed by atoms with van der Waals surface area (Å²) in [6, 6.07) is 27.8. The minimum atomic E-state index is -0.578. The van der Waals surface area contributed by atoms with E-state index in [1.54, 1.807) is 71.3 Å². The SMILES string of the molecule is COc1c(NC(=O)c2ccccc2OC(C)CCNC(=O)OC(C)(C)C)ccc(C(=O)N(C)C)c1-c1ccccc1.c1ccc2c(c1)CO2. The smallest absolute Gasteiger partial charge is 0.407 e. The van der Waals surface area contributed by atoms with E-state index in [4.69, 9.17) is 18.9 Å². The lowest BCUT2D eigenvalue weighted by Gasteiger charge is -2.21. The summed E-state index contributed by atoms with van der Waals surface area (Å²) in [5.41, 5.74) is 3.31. The number of anilines is 1. The van der Waals surface area contributed by atoms with Gasteiger partial charge in [0.2, 0.25) is 0 Å². The largest absolute Gasteiger partial charge is 0.494 e. The molecule has 0 aliphatic carbocycles. The third kappa shape index (κ3) is 9.99. The van der Waals surface area contributed by atoms with E-state index >= 15 is 0 Å². The standard InChI is InChI=1S/C32H39N3O6.C7H6O/c1-21(19-20-33-31(38)41-32(2,3)4)40-26-16-12-11-15-23(26)29(36)34-25-18-17-24(30(37)35(5)6)27(28(25)39-7)22-13-9-8-10-14-22;1-2-4-7-6(3-1)5-8-7/h8-18,21H,19-20H2,1-7H3,(H,33,38)(H,34,36);1-4H,5H2. The Morgan fingerprint density at radius 1 is 0.878 bits per heavy atom. The molecule has 0 fully saturated rings. The number of para-hydroxylation sites is 2. The number of nitrogens with zero attached hydrogens (tertiary/aromatic N) is 1. The summed E-state index contributed by atoms with van der Waals surface area (Å²) in [4.78, 5) is 39.9. The van der Waals surface area contributed by atoms with Gasteiger partial charge in [-0.3, -0.25) is 9.59 Å². The lowest BCUT2D eigenvalue weighted by molar-refractivity contribution is 0.0521. The first-order chi connectivity index (χ1) is 23.4. The summed E-state index contributed by atoms with van der Waals surface area (Å²) in [6.07, 6.45) is -0.286. The first-order valence-electron chi connectivity index (χ1n) is 16.1. The van der Waals surface area contributed by atoms with Crippen molar-refractivity contribution in [2.75, 3.05) is 33.1 Å². The molecule has 3 amide bonds. The van der Waals surface area contributed by atoms with E-state index in [1.807, 2.05) is 55.5 Å². The van der Waals surface area contributed by atoms with Crippen LogP contribution in [0.3, 0.4) is 0 Å². The maximum atomic E-state index is 13.5. The molecule has 5 rings (SSSR count). The van der Waals surface area contributed by atoms with Gasteiger partial charge in [-0.05, 0) is 63.6 Å². The molecule has 0 aromatic heterocycles. The molecule has 1 aliphatic heterocycles. The minimum Gasteiger partial charge on any atom is -0.494 e. The van der Waals surface area contributed by atoms with Crippen molar-refractivity contribution < 1.29 is 33.3 Å². The first kappa shape index (κ1) is 36.3. The van der Waals surface area contributed by atoms with Crippen LogP contribution in [-0.2, 0) is 11.3 Å². The van der Waals surface area contributed by atoms with Gasteiger partial charge >= 0.3 is 6.09 Å². The highest BCUT2D eigenvalue weighted by molar-refractivity contribution is 6.09. The molecule has 1 unspecified atom stereocenters. The van der Waals surface area contributed by atoms with E-state index in [1.165, 1.54) is 17.6 Å². The van der Waals surface area contributed by atoms with Crippen molar-refractivity contribution in [2.45, 2.75) is 52.4 Å². The highest BCUT2D eigenvalue weighted by atomic mass is 16.6. The van der Waals surface area contributed by atoms with Gasteiger partial charge in [0.15, 0.2) is 5.75 Å². The number of rotatable bonds is 10. The molecule has 1 aliphatic rings. The number of amides is 3. The zero-order chi connectivity index (χ0) is 35.6. The maximum absolute atomic E-state index is 13.5. The number of carbonyl (C=O) groups excluding carboxylic acids is 3. The van der Waals surface area contributed by atoms with Crippen LogP contribution in [0.5, 0.6) is 17.2 Å². The van der Waals surface area contributed by atoms with E-state index in [2.05, 4.69) is 16.7 Å². The van der Waals surface area contributed by atoms with Crippen LogP contribution in [0.4, 0.5) is 10.5 Å². The maximum Gasteiger partial charge on any atom is 0.407 e. The molecule has 2 N–H and O–H groups in total. The van der Waals surface area contributed by atoms with Crippen LogP contribution < -0.4 is 24.8 Å². The van der Waals surface area contributed by atoms with E-state index in [9.17, 15) is 14.4 Å². The second-order valence-corrected chi connectivity index (χ2v) is 12.6. The summed E-state index contributed by atoms with van der Waals surface area (Å²) in [6.45, 7) is 8.42. The van der Waals surface area contributed by atoms with Crippen LogP contribution in [0.2, 0.25) is 0 Å². The van der Waals surface area contributed by atoms with Crippen LogP contribution in [0.1, 0.15) is 60.4 Å². The topological polar surface area (TPSA) is 115 Å². The average Bonchev–Trinajstić information content (AvgIpc) is 3.04. The predicted molar refractivity (Wildman–Crippen MR) is 191 cm³/mol. The molecule has 1 atom stereocenters. The summed E-state index contributed by atoms with van der Waals surface area (Å²) in [7, 11) is 4.88. The normalized spacial score (nSPS) is 12.0. The Hall–Kier alpha value is -5.51. The van der Waals surface area contributed by atoms with E-state index in [0.717, 1.165) is 17.9 Å². The number of hydrogen-bond acceptors (Lipinski definition) is 7. The Morgan fingerprint density at radius 2 is 1.55 bits per heavy atom. The molecule has 0 saturated carbocycles. The van der Waals surface area contributed by atoms with Crippen LogP contribution in [0.15, 0.2) is 91.0 Å². The summed E-state index contributed by atoms with van der Waals surface area (Å²) < 4.78 is 22.2. The fourth-order valence-corrected chi connectivity index (χ4v) is 4.96. The second-order valence-electron chi connectivity index (χ2n) is 12.6. The average molecular weight is 668 g/mol. The number of carbonyl (C=O) groups is 3. The van der Waals surface area contributed by atoms with Crippen LogP contribution >= 0.6 is 0 Å². The lowest BCUT2D eigenvalue weighted by Crippen LogP contribution is -2.34. The van der Waals surface area contributed by atoms with Crippen LogP contribution in [-0.4, -0.2) is 62.3 Å². The highest BCUT2D eigenvalue weighted by Gasteiger charge is 2.24. The van der Waals surface area contributed by atoms with Crippen molar-refractivity contribution in [2.24, 2.45) is 0 Å². The minimum absolute atomic E-state index is 0.186. The Labute approximate surface area is 288 Å². The predicted octanol–water partition coefficient (Wildman–Crippen LogP) is 7.58. The van der Waals surface area contributed by atoms with Crippen LogP contribution in [0, 0.1) is 0 Å². The number of nitrogens with one attached hydrogen (secondary N) is 2. The molecule has 1 heterocycles. The lowest BCUT2D eigenvalue weighted by atomic mass is 9.96. The second kappa shape index (κ2) is 16.5. The zero-order valence-corrected chi connectivity index (χ0v) is 29.2. The van der Waals surface area contributed by atoms with Gasteiger partial charge in [0.05, 0.1) is 30.0 Å². The Morgan fingerprint density at radius 3 is 2.14 bits per heavy atom. The molecule has 49 heavy (non-hydrogen) atoms. The first-order valence-corrected chi connectivity index (χ1v) is 16.1. The quantitative estimate of drug-likeness (QED) is 0.179. The molecule has 4 aromatic carbocycles. The monoisotopic (exact) mass is 667 g/mol. The van der Waals surface area contributed by atoms with E-state index in [0.29, 0.717) is 46.8 Å². The Balaban J connectivity index is 0.000000582. The number of alkyl carbamates (subject to hydrolysis) is 1. The molecule has 10 heteroatoms. The van der Waals surface area contributed by atoms with Crippen molar-refractivity contribution in [1.29, 1.82) is 0 Å². The van der Waals surface area contributed by atoms with Gasteiger partial charge in [-0.25, -0.2) is 4.79 Å². The Kier molecular flexibility index (Phi) is 12.3. The number of ether oxygens (including phenoxy) is 4. The van der Waals surface area contributed by atoms with Crippen molar-refractivity contribution in [1.82, 2.24) is 10.2 Å². The molecule has 258 valence electrons. The van der Waals surface area contributed by atoms with Crippen molar-refractivity contribution in [3.05, 3.63) is 108 Å². The third-order valence-electron chi connectivity index (χ3n) is 7.34. The summed E-state index contributed by atoms with van der Waals surface area (Å²) in [5.74, 6) is 1.23. The molecular weight excluding hydrogens is 622 g/mol. The Bertz CT molecular complexity index is 1730. The van der Waals surface area contributed by atoms with Gasteiger partial charge < -0.3 is 34.5 Å². The van der Waals surface area contributed by atoms with Gasteiger partial charge in [0.1, 0.15) is 23.7 Å². The van der Waals surface area contributed by atoms with Gasteiger partial charge in [-0.15, -0.1) is 0 Å². The van der Waals surface area contributed by atoms with Gasteiger partial charge in [-0.2, -0.15) is 0 Å². The molecule has 0 spiro atoms. The molecule has 0 radical (unpaired) electrons. The highest BCUT2D eigenvalue weighted by Crippen LogP contribution is 2.40. The van der Waals surface area contributed by atoms with Crippen molar-refractivity contribution in [3.63, 3.8) is 0 Å². The van der Waals surface area contributed by atoms with E-state index < -0.39 is 17.6 Å². The van der Waals surface area contributed by atoms with Gasteiger partial charge in [-0.1, -0.05) is 60.7 Å². The fraction of sp³-hybridized carbons (Fsp3) is 0.308. The summed E-state index contributed by atoms with van der Waals surface area (Å²) >= 11 is 0.